The van der Waals surface area contributed by atoms with Crippen molar-refractivity contribution in [2.24, 2.45) is 0 Å². The van der Waals surface area contributed by atoms with E-state index in [1.807, 2.05) is 31.2 Å². The van der Waals surface area contributed by atoms with E-state index in [0.717, 1.165) is 16.8 Å². The van der Waals surface area contributed by atoms with E-state index in [-0.39, 0.29) is 5.95 Å². The van der Waals surface area contributed by atoms with Gasteiger partial charge in [-0.25, -0.2) is 4.98 Å². The first kappa shape index (κ1) is 11.7. The van der Waals surface area contributed by atoms with Gasteiger partial charge in [0.1, 0.15) is 5.82 Å². The summed E-state index contributed by atoms with van der Waals surface area (Å²) in [5.74, 6) is 0.929. The minimum atomic E-state index is 0.242. The Labute approximate surface area is 105 Å². The molecule has 5 heteroatoms. The Bertz CT molecular complexity index is 554. The summed E-state index contributed by atoms with van der Waals surface area (Å²) >= 11 is 5.99. The second-order valence-corrected chi connectivity index (χ2v) is 4.14. The number of nitrogens with zero attached hydrogens (tertiary/aromatic N) is 2. The van der Waals surface area contributed by atoms with E-state index in [0.29, 0.717) is 10.8 Å². The van der Waals surface area contributed by atoms with E-state index in [1.54, 1.807) is 7.05 Å². The number of aryl methyl sites for hydroxylation is 1. The lowest BCUT2D eigenvalue weighted by Crippen LogP contribution is -2.01. The Morgan fingerprint density at radius 1 is 1.24 bits per heavy atom. The summed E-state index contributed by atoms with van der Waals surface area (Å²) in [6.07, 6.45) is 0. The van der Waals surface area contributed by atoms with Gasteiger partial charge < -0.3 is 11.1 Å². The fraction of sp³-hybridized carbons (Fsp3) is 0.167. The predicted molar refractivity (Wildman–Crippen MR) is 71.2 cm³/mol. The summed E-state index contributed by atoms with van der Waals surface area (Å²) in [7, 11) is 1.79. The van der Waals surface area contributed by atoms with Gasteiger partial charge in [0.2, 0.25) is 5.95 Å². The number of hydrogen-bond donors (Lipinski definition) is 2. The second-order valence-electron chi connectivity index (χ2n) is 3.71. The van der Waals surface area contributed by atoms with Gasteiger partial charge in [0, 0.05) is 23.7 Å². The van der Waals surface area contributed by atoms with Crippen LogP contribution in [0.5, 0.6) is 0 Å². The number of benzene rings is 1. The van der Waals surface area contributed by atoms with Gasteiger partial charge in [-0.2, -0.15) is 4.98 Å². The Balaban J connectivity index is 2.59. The van der Waals surface area contributed by atoms with Crippen LogP contribution in [-0.2, 0) is 0 Å². The van der Waals surface area contributed by atoms with Crippen molar-refractivity contribution >= 4 is 23.4 Å². The lowest BCUT2D eigenvalue weighted by molar-refractivity contribution is 1.18. The van der Waals surface area contributed by atoms with Crippen LogP contribution in [0.3, 0.4) is 0 Å². The second kappa shape index (κ2) is 4.59. The molecule has 2 rings (SSSR count). The molecule has 0 unspecified atom stereocenters. The number of hydrogen-bond acceptors (Lipinski definition) is 4. The van der Waals surface area contributed by atoms with Crippen LogP contribution in [0.2, 0.25) is 5.02 Å². The molecule has 4 nitrogen and oxygen atoms in total. The van der Waals surface area contributed by atoms with Crippen LogP contribution in [0.25, 0.3) is 11.3 Å². The molecule has 0 bridgehead atoms. The van der Waals surface area contributed by atoms with Crippen LogP contribution in [0.1, 0.15) is 5.56 Å². The van der Waals surface area contributed by atoms with Crippen LogP contribution >= 0.6 is 11.6 Å². The fourth-order valence-corrected chi connectivity index (χ4v) is 1.77. The highest BCUT2D eigenvalue weighted by Crippen LogP contribution is 2.26. The third kappa shape index (κ3) is 2.47. The molecule has 0 aliphatic carbocycles. The molecule has 0 saturated carbocycles. The number of rotatable bonds is 2. The quantitative estimate of drug-likeness (QED) is 0.858. The van der Waals surface area contributed by atoms with Crippen LogP contribution in [0.15, 0.2) is 24.3 Å². The van der Waals surface area contributed by atoms with E-state index in [4.69, 9.17) is 17.3 Å². The van der Waals surface area contributed by atoms with Crippen LogP contribution in [-0.4, -0.2) is 17.0 Å². The normalized spacial score (nSPS) is 10.3. The molecule has 3 N–H and O–H groups in total. The van der Waals surface area contributed by atoms with Gasteiger partial charge in [-0.3, -0.25) is 0 Å². The van der Waals surface area contributed by atoms with Gasteiger partial charge in [-0.1, -0.05) is 17.7 Å². The molecule has 0 spiro atoms. The highest BCUT2D eigenvalue weighted by molar-refractivity contribution is 6.30. The lowest BCUT2D eigenvalue weighted by atomic mass is 10.1. The van der Waals surface area contributed by atoms with E-state index >= 15 is 0 Å². The van der Waals surface area contributed by atoms with Crippen molar-refractivity contribution in [2.75, 3.05) is 18.1 Å². The monoisotopic (exact) mass is 248 g/mol. The third-order valence-corrected chi connectivity index (χ3v) is 2.71. The van der Waals surface area contributed by atoms with Gasteiger partial charge in [0.25, 0.3) is 0 Å². The first-order valence-electron chi connectivity index (χ1n) is 5.19. The Hall–Kier alpha value is -1.81. The summed E-state index contributed by atoms with van der Waals surface area (Å²) in [5, 5.41) is 3.62. The average Bonchev–Trinajstić information content (AvgIpc) is 2.31. The van der Waals surface area contributed by atoms with Gasteiger partial charge in [-0.05, 0) is 24.6 Å². The predicted octanol–water partition coefficient (Wildman–Crippen LogP) is 2.73. The van der Waals surface area contributed by atoms with Gasteiger partial charge in [0.05, 0.1) is 5.69 Å². The molecule has 0 aliphatic heterocycles. The van der Waals surface area contributed by atoms with E-state index < -0.39 is 0 Å². The van der Waals surface area contributed by atoms with Crippen molar-refractivity contribution in [3.05, 3.63) is 34.9 Å². The summed E-state index contributed by atoms with van der Waals surface area (Å²) in [4.78, 5) is 8.27. The first-order chi connectivity index (χ1) is 8.10. The number of nitrogens with two attached hydrogens (primary N) is 1. The highest BCUT2D eigenvalue weighted by Gasteiger charge is 2.07. The van der Waals surface area contributed by atoms with Crippen LogP contribution in [0, 0.1) is 6.92 Å². The van der Waals surface area contributed by atoms with Crippen molar-refractivity contribution in [3.8, 4) is 11.3 Å². The average molecular weight is 249 g/mol. The Morgan fingerprint density at radius 2 is 2.00 bits per heavy atom. The zero-order valence-corrected chi connectivity index (χ0v) is 10.4. The molecule has 1 aromatic heterocycles. The van der Waals surface area contributed by atoms with Gasteiger partial charge >= 0.3 is 0 Å². The Morgan fingerprint density at radius 3 is 2.71 bits per heavy atom. The van der Waals surface area contributed by atoms with Crippen molar-refractivity contribution in [1.82, 2.24) is 9.97 Å². The largest absolute Gasteiger partial charge is 0.373 e. The molecular formula is C12H13ClN4. The molecule has 88 valence electrons. The molecule has 2 aromatic rings. The lowest BCUT2D eigenvalue weighted by Gasteiger charge is -2.08. The molecule has 1 aromatic carbocycles. The maximum Gasteiger partial charge on any atom is 0.222 e. The maximum atomic E-state index is 5.99. The van der Waals surface area contributed by atoms with Crippen LogP contribution in [0.4, 0.5) is 11.8 Å². The van der Waals surface area contributed by atoms with Crippen LogP contribution < -0.4 is 11.1 Å². The number of nitrogen functional groups attached to an aromatic ring is 1. The smallest absolute Gasteiger partial charge is 0.222 e. The summed E-state index contributed by atoms with van der Waals surface area (Å²) in [5.41, 5.74) is 8.48. The number of halogens is 1. The fourth-order valence-electron chi connectivity index (χ4n) is 1.60. The molecule has 17 heavy (non-hydrogen) atoms. The molecule has 1 heterocycles. The zero-order valence-electron chi connectivity index (χ0n) is 9.66. The molecule has 0 fully saturated rings. The molecule has 0 aliphatic rings. The number of aromatic nitrogens is 2. The SMILES string of the molecule is CNc1cc(-c2cc(Cl)ccc2C)nc(N)n1. The van der Waals surface area contributed by atoms with Crippen molar-refractivity contribution in [2.45, 2.75) is 6.92 Å². The minimum Gasteiger partial charge on any atom is -0.373 e. The summed E-state index contributed by atoms with van der Waals surface area (Å²) < 4.78 is 0. The first-order valence-corrected chi connectivity index (χ1v) is 5.57. The number of anilines is 2. The number of nitrogens with one attached hydrogen (secondary N) is 1. The van der Waals surface area contributed by atoms with Crippen molar-refractivity contribution in [1.29, 1.82) is 0 Å². The summed E-state index contributed by atoms with van der Waals surface area (Å²) in [6.45, 7) is 2.00. The molecule has 0 radical (unpaired) electrons. The topological polar surface area (TPSA) is 63.8 Å². The Kier molecular flexibility index (Phi) is 3.15. The van der Waals surface area contributed by atoms with Gasteiger partial charge in [0.15, 0.2) is 0 Å². The van der Waals surface area contributed by atoms with Crippen molar-refractivity contribution < 1.29 is 0 Å². The van der Waals surface area contributed by atoms with Crippen molar-refractivity contribution in [3.63, 3.8) is 0 Å². The van der Waals surface area contributed by atoms with Gasteiger partial charge in [-0.15, -0.1) is 0 Å². The van der Waals surface area contributed by atoms with E-state index in [2.05, 4.69) is 15.3 Å². The zero-order chi connectivity index (χ0) is 12.4. The highest BCUT2D eigenvalue weighted by atomic mass is 35.5. The standard InChI is InChI=1S/C12H13ClN4/c1-7-3-4-8(13)5-9(7)10-6-11(15-2)17-12(14)16-10/h3-6H,1-2H3,(H3,14,15,16,17). The molecule has 0 atom stereocenters. The van der Waals surface area contributed by atoms with E-state index in [1.165, 1.54) is 0 Å². The molecular weight excluding hydrogens is 236 g/mol. The molecule has 0 amide bonds. The van der Waals surface area contributed by atoms with E-state index in [9.17, 15) is 0 Å². The third-order valence-electron chi connectivity index (χ3n) is 2.48. The minimum absolute atomic E-state index is 0.242. The summed E-state index contributed by atoms with van der Waals surface area (Å²) in [6, 6.07) is 7.52. The molecule has 0 saturated heterocycles. The maximum absolute atomic E-state index is 5.99.